The van der Waals surface area contributed by atoms with Crippen LogP contribution in [0.2, 0.25) is 5.02 Å². The third-order valence-electron chi connectivity index (χ3n) is 4.49. The van der Waals surface area contributed by atoms with Gasteiger partial charge in [0.15, 0.2) is 0 Å². The largest absolute Gasteiger partial charge is 0.438 e. The molecular weight excluding hydrogens is 413 g/mol. The Labute approximate surface area is 174 Å². The van der Waals surface area contributed by atoms with Gasteiger partial charge < -0.3 is 4.74 Å². The second kappa shape index (κ2) is 7.69. The lowest BCUT2D eigenvalue weighted by atomic mass is 10.0. The highest BCUT2D eigenvalue weighted by molar-refractivity contribution is 6.33. The molecule has 0 saturated heterocycles. The van der Waals surface area contributed by atoms with Gasteiger partial charge in [-0.05, 0) is 35.0 Å². The van der Waals surface area contributed by atoms with Crippen molar-refractivity contribution >= 4 is 22.4 Å². The highest BCUT2D eigenvalue weighted by Crippen LogP contribution is 2.40. The van der Waals surface area contributed by atoms with Gasteiger partial charge in [0, 0.05) is 10.6 Å². The summed E-state index contributed by atoms with van der Waals surface area (Å²) in [7, 11) is 0. The molecule has 3 nitrogen and oxygen atoms in total. The second-order valence-corrected chi connectivity index (χ2v) is 6.84. The number of halogens is 4. The summed E-state index contributed by atoms with van der Waals surface area (Å²) in [6.07, 6.45) is -4.77. The molecule has 148 valence electrons. The van der Waals surface area contributed by atoms with Crippen molar-refractivity contribution in [2.24, 2.45) is 0 Å². The number of ether oxygens (including phenoxy) is 1. The van der Waals surface area contributed by atoms with E-state index in [0.29, 0.717) is 5.56 Å². The molecule has 0 N–H and O–H groups in total. The number of aromatic nitrogens is 1. The van der Waals surface area contributed by atoms with Crippen LogP contribution in [0.4, 0.5) is 13.2 Å². The third kappa shape index (κ3) is 3.80. The van der Waals surface area contributed by atoms with Crippen molar-refractivity contribution in [2.75, 3.05) is 0 Å². The third-order valence-corrected chi connectivity index (χ3v) is 4.82. The Morgan fingerprint density at radius 1 is 0.900 bits per heavy atom. The molecular formula is C23H12ClF3N2O. The number of hydrogen-bond donors (Lipinski definition) is 0. The molecule has 1 aromatic heterocycles. The average Bonchev–Trinajstić information content (AvgIpc) is 2.73. The normalized spacial score (nSPS) is 11.3. The van der Waals surface area contributed by atoms with Crippen LogP contribution in [-0.2, 0) is 6.18 Å². The van der Waals surface area contributed by atoms with Crippen LogP contribution in [0.1, 0.15) is 11.1 Å². The number of benzene rings is 3. The molecule has 0 radical (unpaired) electrons. The predicted molar refractivity (Wildman–Crippen MR) is 108 cm³/mol. The standard InChI is InChI=1S/C23H12ClF3N2O/c24-20-8-4-3-7-17(20)21-12-19(23(25,26)27)18(13-28)22(29-21)30-16-10-9-14-5-1-2-6-15(14)11-16/h1-12H. The van der Waals surface area contributed by atoms with Crippen molar-refractivity contribution in [2.45, 2.75) is 6.18 Å². The Balaban J connectivity index is 1.89. The van der Waals surface area contributed by atoms with Crippen molar-refractivity contribution in [1.82, 2.24) is 4.98 Å². The van der Waals surface area contributed by atoms with Crippen LogP contribution in [-0.4, -0.2) is 4.98 Å². The number of rotatable bonds is 3. The predicted octanol–water partition coefficient (Wildman–Crippen LogP) is 7.24. The van der Waals surface area contributed by atoms with Crippen LogP contribution in [0.15, 0.2) is 72.8 Å². The molecule has 0 aliphatic heterocycles. The monoisotopic (exact) mass is 424 g/mol. The smallest absolute Gasteiger partial charge is 0.417 e. The van der Waals surface area contributed by atoms with Gasteiger partial charge in [-0.1, -0.05) is 60.1 Å². The Morgan fingerprint density at radius 2 is 1.60 bits per heavy atom. The summed E-state index contributed by atoms with van der Waals surface area (Å²) in [6, 6.07) is 21.3. The lowest BCUT2D eigenvalue weighted by Crippen LogP contribution is -2.10. The summed E-state index contributed by atoms with van der Waals surface area (Å²) in [4.78, 5) is 4.19. The van der Waals surface area contributed by atoms with Gasteiger partial charge in [-0.3, -0.25) is 0 Å². The van der Waals surface area contributed by atoms with Gasteiger partial charge in [-0.25, -0.2) is 4.98 Å². The highest BCUT2D eigenvalue weighted by Gasteiger charge is 2.37. The quantitative estimate of drug-likeness (QED) is 0.348. The van der Waals surface area contributed by atoms with E-state index < -0.39 is 23.2 Å². The van der Waals surface area contributed by atoms with E-state index >= 15 is 0 Å². The minimum absolute atomic E-state index is 0.0392. The Kier molecular flexibility index (Phi) is 5.06. The van der Waals surface area contributed by atoms with E-state index in [2.05, 4.69) is 4.98 Å². The van der Waals surface area contributed by atoms with Crippen molar-refractivity contribution in [1.29, 1.82) is 5.26 Å². The van der Waals surface area contributed by atoms with E-state index in [9.17, 15) is 18.4 Å². The molecule has 1 heterocycles. The first-order valence-corrected chi connectivity index (χ1v) is 9.18. The number of nitrogens with zero attached hydrogens (tertiary/aromatic N) is 2. The van der Waals surface area contributed by atoms with Crippen molar-refractivity contribution in [3.8, 4) is 29.0 Å². The fourth-order valence-corrected chi connectivity index (χ4v) is 3.31. The molecule has 0 aliphatic carbocycles. The van der Waals surface area contributed by atoms with Gasteiger partial charge >= 0.3 is 6.18 Å². The maximum atomic E-state index is 13.7. The molecule has 0 aliphatic rings. The molecule has 0 fully saturated rings. The van der Waals surface area contributed by atoms with E-state index in [0.717, 1.165) is 16.8 Å². The Morgan fingerprint density at radius 3 is 2.30 bits per heavy atom. The number of fused-ring (bicyclic) bond motifs is 1. The second-order valence-electron chi connectivity index (χ2n) is 6.44. The number of alkyl halides is 3. The topological polar surface area (TPSA) is 45.9 Å². The molecule has 3 aromatic carbocycles. The molecule has 7 heteroatoms. The van der Waals surface area contributed by atoms with E-state index in [1.807, 2.05) is 24.3 Å². The van der Waals surface area contributed by atoms with Crippen LogP contribution < -0.4 is 4.74 Å². The maximum Gasteiger partial charge on any atom is 0.417 e. The van der Waals surface area contributed by atoms with Gasteiger partial charge in [0.05, 0.1) is 11.3 Å². The Hall–Kier alpha value is -3.56. The van der Waals surface area contributed by atoms with Gasteiger partial charge in [0.2, 0.25) is 5.88 Å². The molecule has 0 saturated carbocycles. The van der Waals surface area contributed by atoms with Crippen molar-refractivity contribution in [3.05, 3.63) is 88.9 Å². The number of pyridine rings is 1. The fraction of sp³-hybridized carbons (Fsp3) is 0.0435. The zero-order valence-corrected chi connectivity index (χ0v) is 16.0. The van der Waals surface area contributed by atoms with Gasteiger partial charge in [0.25, 0.3) is 0 Å². The summed E-state index contributed by atoms with van der Waals surface area (Å²) in [5.74, 6) is -0.167. The minimum atomic E-state index is -4.77. The van der Waals surface area contributed by atoms with E-state index in [1.165, 1.54) is 0 Å². The van der Waals surface area contributed by atoms with Gasteiger partial charge in [0.1, 0.15) is 17.4 Å². The first-order valence-electron chi connectivity index (χ1n) is 8.81. The molecule has 0 bridgehead atoms. The molecule has 4 rings (SSSR count). The molecule has 0 atom stereocenters. The summed E-state index contributed by atoms with van der Waals surface area (Å²) < 4.78 is 46.7. The average molecular weight is 425 g/mol. The fourth-order valence-electron chi connectivity index (χ4n) is 3.08. The van der Waals surface area contributed by atoms with E-state index in [1.54, 1.807) is 48.5 Å². The molecule has 30 heavy (non-hydrogen) atoms. The zero-order chi connectivity index (χ0) is 21.3. The van der Waals surface area contributed by atoms with Crippen LogP contribution >= 0.6 is 11.6 Å². The lowest BCUT2D eigenvalue weighted by Gasteiger charge is -2.15. The molecule has 4 aromatic rings. The van der Waals surface area contributed by atoms with Crippen LogP contribution in [0.3, 0.4) is 0 Å². The number of nitriles is 1. The first kappa shape index (κ1) is 19.7. The number of hydrogen-bond acceptors (Lipinski definition) is 3. The summed E-state index contributed by atoms with van der Waals surface area (Å²) >= 11 is 6.15. The first-order chi connectivity index (χ1) is 14.4. The van der Waals surface area contributed by atoms with E-state index in [4.69, 9.17) is 16.3 Å². The van der Waals surface area contributed by atoms with Crippen molar-refractivity contribution in [3.63, 3.8) is 0 Å². The summed E-state index contributed by atoms with van der Waals surface area (Å²) in [5, 5.41) is 11.5. The van der Waals surface area contributed by atoms with Gasteiger partial charge in [-0.2, -0.15) is 18.4 Å². The van der Waals surface area contributed by atoms with Crippen LogP contribution in [0, 0.1) is 11.3 Å². The highest BCUT2D eigenvalue weighted by atomic mass is 35.5. The molecule has 0 unspecified atom stereocenters. The minimum Gasteiger partial charge on any atom is -0.438 e. The van der Waals surface area contributed by atoms with Crippen molar-refractivity contribution < 1.29 is 17.9 Å². The maximum absolute atomic E-state index is 13.7. The summed E-state index contributed by atoms with van der Waals surface area (Å²) in [5.41, 5.74) is -1.56. The molecule has 0 amide bonds. The van der Waals surface area contributed by atoms with Crippen LogP contribution in [0.5, 0.6) is 11.6 Å². The molecule has 0 spiro atoms. The zero-order valence-electron chi connectivity index (χ0n) is 15.2. The van der Waals surface area contributed by atoms with Gasteiger partial charge in [-0.15, -0.1) is 0 Å². The lowest BCUT2D eigenvalue weighted by molar-refractivity contribution is -0.137. The van der Waals surface area contributed by atoms with E-state index in [-0.39, 0.29) is 16.5 Å². The summed E-state index contributed by atoms with van der Waals surface area (Å²) in [6.45, 7) is 0. The SMILES string of the molecule is N#Cc1c(C(F)(F)F)cc(-c2ccccc2Cl)nc1Oc1ccc2ccccc2c1. The van der Waals surface area contributed by atoms with Crippen LogP contribution in [0.25, 0.3) is 22.0 Å². The Bertz CT molecular complexity index is 1300.